The van der Waals surface area contributed by atoms with E-state index in [1.54, 1.807) is 12.1 Å². The number of esters is 1. The van der Waals surface area contributed by atoms with E-state index in [2.05, 4.69) is 5.32 Å². The molecule has 0 heterocycles. The van der Waals surface area contributed by atoms with Gasteiger partial charge in [0.2, 0.25) is 0 Å². The van der Waals surface area contributed by atoms with Crippen LogP contribution in [0.3, 0.4) is 0 Å². The first kappa shape index (κ1) is 14.3. The van der Waals surface area contributed by atoms with Crippen LogP contribution in [0.4, 0.5) is 0 Å². The molecule has 1 N–H and O–H groups in total. The Hall–Kier alpha value is -1.75. The van der Waals surface area contributed by atoms with Gasteiger partial charge in [0.1, 0.15) is 11.3 Å². The molecule has 1 aromatic carbocycles. The zero-order valence-corrected chi connectivity index (χ0v) is 11.1. The van der Waals surface area contributed by atoms with Gasteiger partial charge in [-0.3, -0.25) is 4.79 Å². The van der Waals surface area contributed by atoms with E-state index in [0.717, 1.165) is 0 Å². The number of carbonyl (C=O) groups excluding carboxylic acids is 2. The first-order valence-electron chi connectivity index (χ1n) is 5.25. The summed E-state index contributed by atoms with van der Waals surface area (Å²) in [6.45, 7) is 1.48. The summed E-state index contributed by atoms with van der Waals surface area (Å²) in [4.78, 5) is 23.1. The van der Waals surface area contributed by atoms with Gasteiger partial charge < -0.3 is 14.8 Å². The number of carbonyl (C=O) groups is 2. The number of hydrogen-bond acceptors (Lipinski definition) is 4. The Balaban J connectivity index is 2.90. The van der Waals surface area contributed by atoms with Crippen molar-refractivity contribution in [1.82, 2.24) is 5.32 Å². The largest absolute Gasteiger partial charge is 0.496 e. The first-order valence-corrected chi connectivity index (χ1v) is 5.63. The maximum absolute atomic E-state index is 11.9. The lowest BCUT2D eigenvalue weighted by molar-refractivity contribution is -0.128. The maximum atomic E-state index is 11.9. The lowest BCUT2D eigenvalue weighted by atomic mass is 10.2. The van der Waals surface area contributed by atoms with Crippen molar-refractivity contribution in [3.63, 3.8) is 0 Å². The molecule has 98 valence electrons. The Labute approximate surface area is 110 Å². The third kappa shape index (κ3) is 3.37. The van der Waals surface area contributed by atoms with E-state index in [4.69, 9.17) is 21.1 Å². The zero-order valence-electron chi connectivity index (χ0n) is 10.3. The SMILES string of the molecule is CNC(=O)[C@H](C)OC(=O)c1cc(Cl)ccc1OC. The molecule has 0 aromatic heterocycles. The Kier molecular flexibility index (Phi) is 4.97. The number of benzene rings is 1. The van der Waals surface area contributed by atoms with Crippen LogP contribution in [0.25, 0.3) is 0 Å². The van der Waals surface area contributed by atoms with Crippen molar-refractivity contribution in [3.05, 3.63) is 28.8 Å². The van der Waals surface area contributed by atoms with Crippen molar-refractivity contribution in [2.45, 2.75) is 13.0 Å². The van der Waals surface area contributed by atoms with Crippen LogP contribution in [0.15, 0.2) is 18.2 Å². The minimum absolute atomic E-state index is 0.181. The summed E-state index contributed by atoms with van der Waals surface area (Å²) in [6.07, 6.45) is -0.883. The molecular weight excluding hydrogens is 258 g/mol. The highest BCUT2D eigenvalue weighted by atomic mass is 35.5. The third-order valence-electron chi connectivity index (χ3n) is 2.28. The lowest BCUT2D eigenvalue weighted by Crippen LogP contribution is -2.33. The molecule has 0 unspecified atom stereocenters. The van der Waals surface area contributed by atoms with Crippen molar-refractivity contribution < 1.29 is 19.1 Å². The number of hydrogen-bond donors (Lipinski definition) is 1. The Morgan fingerprint density at radius 3 is 2.61 bits per heavy atom. The monoisotopic (exact) mass is 271 g/mol. The molecule has 0 bridgehead atoms. The van der Waals surface area contributed by atoms with Crippen LogP contribution >= 0.6 is 11.6 Å². The second-order valence-corrected chi connectivity index (χ2v) is 3.94. The Bertz CT molecular complexity index is 461. The standard InChI is InChI=1S/C12H14ClNO4/c1-7(11(15)14-2)18-12(16)9-6-8(13)4-5-10(9)17-3/h4-7H,1-3H3,(H,14,15)/t7-/m0/s1. The molecule has 1 amide bonds. The van der Waals surface area contributed by atoms with Gasteiger partial charge in [-0.05, 0) is 25.1 Å². The summed E-state index contributed by atoms with van der Waals surface area (Å²) in [6, 6.07) is 4.59. The molecule has 18 heavy (non-hydrogen) atoms. The molecule has 0 aliphatic rings. The van der Waals surface area contributed by atoms with Gasteiger partial charge in [-0.1, -0.05) is 11.6 Å². The summed E-state index contributed by atoms with van der Waals surface area (Å²) in [7, 11) is 2.90. The van der Waals surface area contributed by atoms with Crippen LogP contribution in [0.1, 0.15) is 17.3 Å². The Morgan fingerprint density at radius 2 is 2.06 bits per heavy atom. The molecule has 1 rings (SSSR count). The molecule has 0 aliphatic carbocycles. The minimum atomic E-state index is -0.883. The average molecular weight is 272 g/mol. The van der Waals surface area contributed by atoms with E-state index in [-0.39, 0.29) is 11.5 Å². The number of nitrogens with one attached hydrogen (secondary N) is 1. The van der Waals surface area contributed by atoms with Crippen LogP contribution in [-0.4, -0.2) is 32.1 Å². The summed E-state index contributed by atoms with van der Waals surface area (Å²) in [5.41, 5.74) is 0.181. The van der Waals surface area contributed by atoms with Gasteiger partial charge in [-0.15, -0.1) is 0 Å². The molecule has 0 spiro atoms. The summed E-state index contributed by atoms with van der Waals surface area (Å²) >= 11 is 5.80. The fraction of sp³-hybridized carbons (Fsp3) is 0.333. The number of rotatable bonds is 4. The number of likely N-dealkylation sites (N-methyl/N-ethyl adjacent to an activating group) is 1. The Morgan fingerprint density at radius 1 is 1.39 bits per heavy atom. The van der Waals surface area contributed by atoms with Crippen molar-refractivity contribution in [3.8, 4) is 5.75 Å². The second-order valence-electron chi connectivity index (χ2n) is 3.51. The zero-order chi connectivity index (χ0) is 13.7. The lowest BCUT2D eigenvalue weighted by Gasteiger charge is -2.13. The summed E-state index contributed by atoms with van der Waals surface area (Å²) in [5, 5.41) is 2.77. The van der Waals surface area contributed by atoms with Crippen LogP contribution in [0, 0.1) is 0 Å². The quantitative estimate of drug-likeness (QED) is 0.846. The molecule has 0 radical (unpaired) electrons. The maximum Gasteiger partial charge on any atom is 0.342 e. The summed E-state index contributed by atoms with van der Waals surface area (Å²) in [5.74, 6) is -0.705. The first-order chi connectivity index (χ1) is 8.49. The van der Waals surface area contributed by atoms with Crippen molar-refractivity contribution in [2.24, 2.45) is 0 Å². The smallest absolute Gasteiger partial charge is 0.342 e. The van der Waals surface area contributed by atoms with Gasteiger partial charge >= 0.3 is 5.97 Å². The second kappa shape index (κ2) is 6.26. The number of halogens is 1. The predicted octanol–water partition coefficient (Wildman–Crippen LogP) is 1.64. The van der Waals surface area contributed by atoms with Gasteiger partial charge in [0, 0.05) is 12.1 Å². The van der Waals surface area contributed by atoms with E-state index >= 15 is 0 Å². The molecular formula is C12H14ClNO4. The number of methoxy groups -OCH3 is 1. The van der Waals surface area contributed by atoms with E-state index in [0.29, 0.717) is 10.8 Å². The molecule has 0 aliphatic heterocycles. The van der Waals surface area contributed by atoms with Crippen LogP contribution in [0.2, 0.25) is 5.02 Å². The average Bonchev–Trinajstić information content (AvgIpc) is 2.37. The molecule has 0 saturated heterocycles. The van der Waals surface area contributed by atoms with Gasteiger partial charge in [-0.25, -0.2) is 4.79 Å². The highest BCUT2D eigenvalue weighted by Gasteiger charge is 2.20. The number of amides is 1. The van der Waals surface area contributed by atoms with Gasteiger partial charge in [0.05, 0.1) is 7.11 Å². The van der Waals surface area contributed by atoms with Gasteiger partial charge in [0.15, 0.2) is 6.10 Å². The van der Waals surface area contributed by atoms with E-state index in [1.807, 2.05) is 0 Å². The fourth-order valence-corrected chi connectivity index (χ4v) is 1.49. The highest BCUT2D eigenvalue weighted by molar-refractivity contribution is 6.31. The molecule has 1 atom stereocenters. The molecule has 0 saturated carbocycles. The predicted molar refractivity (Wildman–Crippen MR) is 66.9 cm³/mol. The van der Waals surface area contributed by atoms with Gasteiger partial charge in [0.25, 0.3) is 5.91 Å². The fourth-order valence-electron chi connectivity index (χ4n) is 1.32. The van der Waals surface area contributed by atoms with Crippen molar-refractivity contribution >= 4 is 23.5 Å². The highest BCUT2D eigenvalue weighted by Crippen LogP contribution is 2.23. The summed E-state index contributed by atoms with van der Waals surface area (Å²) < 4.78 is 10.0. The van der Waals surface area contributed by atoms with Crippen LogP contribution in [-0.2, 0) is 9.53 Å². The third-order valence-corrected chi connectivity index (χ3v) is 2.52. The number of ether oxygens (including phenoxy) is 2. The molecule has 0 fully saturated rings. The minimum Gasteiger partial charge on any atom is -0.496 e. The molecule has 1 aromatic rings. The van der Waals surface area contributed by atoms with Crippen LogP contribution < -0.4 is 10.1 Å². The topological polar surface area (TPSA) is 64.6 Å². The van der Waals surface area contributed by atoms with Crippen LogP contribution in [0.5, 0.6) is 5.75 Å². The van der Waals surface area contributed by atoms with Crippen molar-refractivity contribution in [1.29, 1.82) is 0 Å². The molecule has 6 heteroatoms. The van der Waals surface area contributed by atoms with Crippen molar-refractivity contribution in [2.75, 3.05) is 14.2 Å². The van der Waals surface area contributed by atoms with E-state index in [9.17, 15) is 9.59 Å². The van der Waals surface area contributed by atoms with E-state index in [1.165, 1.54) is 27.1 Å². The molecule has 5 nitrogen and oxygen atoms in total. The van der Waals surface area contributed by atoms with Gasteiger partial charge in [-0.2, -0.15) is 0 Å². The van der Waals surface area contributed by atoms with E-state index < -0.39 is 12.1 Å². The normalized spacial score (nSPS) is 11.6.